The third kappa shape index (κ3) is 6.57. The zero-order valence-corrected chi connectivity index (χ0v) is 12.3. The molecule has 1 aromatic carbocycles. The highest BCUT2D eigenvalue weighted by Crippen LogP contribution is 2.10. The Labute approximate surface area is 121 Å². The molecule has 0 bridgehead atoms. The van der Waals surface area contributed by atoms with E-state index in [2.05, 4.69) is 17.6 Å². The molecule has 0 saturated carbocycles. The van der Waals surface area contributed by atoms with E-state index in [0.717, 1.165) is 12.2 Å². The number of benzene rings is 1. The Kier molecular flexibility index (Phi) is 8.47. The summed E-state index contributed by atoms with van der Waals surface area (Å²) in [4.78, 5) is 11.6. The maximum absolute atomic E-state index is 11.6. The molecule has 1 aromatic rings. The van der Waals surface area contributed by atoms with Gasteiger partial charge in [0.1, 0.15) is 0 Å². The second-order valence-electron chi connectivity index (χ2n) is 4.90. The van der Waals surface area contributed by atoms with Crippen LogP contribution in [0.25, 0.3) is 0 Å². The summed E-state index contributed by atoms with van der Waals surface area (Å²) >= 11 is 0. The Hall–Kier alpha value is -1.55. The van der Waals surface area contributed by atoms with Gasteiger partial charge < -0.3 is 15.7 Å². The Balaban J connectivity index is 2.26. The van der Waals surface area contributed by atoms with Gasteiger partial charge in [-0.05, 0) is 30.7 Å². The highest BCUT2D eigenvalue weighted by atomic mass is 16.3. The van der Waals surface area contributed by atoms with Gasteiger partial charge in [0.05, 0.1) is 6.61 Å². The molecule has 0 aliphatic heterocycles. The summed E-state index contributed by atoms with van der Waals surface area (Å²) in [6.45, 7) is 3.44. The van der Waals surface area contributed by atoms with Crippen LogP contribution >= 0.6 is 0 Å². The number of carbonyl (C=O) groups is 1. The van der Waals surface area contributed by atoms with Crippen LogP contribution in [0.5, 0.6) is 0 Å². The van der Waals surface area contributed by atoms with Crippen LogP contribution in [0, 0.1) is 0 Å². The van der Waals surface area contributed by atoms with Crippen LogP contribution in [0.2, 0.25) is 0 Å². The van der Waals surface area contributed by atoms with Gasteiger partial charge in [-0.25, -0.2) is 0 Å². The van der Waals surface area contributed by atoms with E-state index in [1.165, 1.54) is 32.1 Å². The van der Waals surface area contributed by atoms with E-state index >= 15 is 0 Å². The molecule has 0 saturated heterocycles. The minimum atomic E-state index is -0.148. The van der Waals surface area contributed by atoms with Crippen molar-refractivity contribution in [3.8, 4) is 0 Å². The predicted molar refractivity (Wildman–Crippen MR) is 83.1 cm³/mol. The number of carbonyl (C=O) groups excluding carboxylic acids is 1. The average Bonchev–Trinajstić information content (AvgIpc) is 2.49. The lowest BCUT2D eigenvalue weighted by Gasteiger charge is -2.08. The smallest absolute Gasteiger partial charge is 0.251 e. The van der Waals surface area contributed by atoms with Crippen molar-refractivity contribution in [2.75, 3.05) is 25.0 Å². The fourth-order valence-electron chi connectivity index (χ4n) is 1.97. The molecule has 4 heteroatoms. The Morgan fingerprint density at radius 1 is 1.05 bits per heavy atom. The molecule has 20 heavy (non-hydrogen) atoms. The van der Waals surface area contributed by atoms with Gasteiger partial charge in [0.2, 0.25) is 0 Å². The molecule has 0 radical (unpaired) electrons. The van der Waals surface area contributed by atoms with Gasteiger partial charge in [-0.2, -0.15) is 0 Å². The standard InChI is InChI=1S/C16H26N2O2/c1-2-3-4-5-6-11-17-15-9-7-14(8-10-15)16(20)18-12-13-19/h7-10,17,19H,2-6,11-13H2,1H3,(H,18,20). The minimum absolute atomic E-state index is 0.0383. The van der Waals surface area contributed by atoms with Crippen LogP contribution in [-0.4, -0.2) is 30.7 Å². The van der Waals surface area contributed by atoms with Crippen LogP contribution in [-0.2, 0) is 0 Å². The van der Waals surface area contributed by atoms with Crippen LogP contribution in [0.3, 0.4) is 0 Å². The van der Waals surface area contributed by atoms with Gasteiger partial charge in [0, 0.05) is 24.3 Å². The summed E-state index contributed by atoms with van der Waals surface area (Å²) in [5, 5.41) is 14.6. The molecule has 112 valence electrons. The largest absolute Gasteiger partial charge is 0.395 e. The molecule has 0 atom stereocenters. The van der Waals surface area contributed by atoms with E-state index in [1.54, 1.807) is 12.1 Å². The van der Waals surface area contributed by atoms with E-state index in [4.69, 9.17) is 5.11 Å². The third-order valence-electron chi connectivity index (χ3n) is 3.15. The van der Waals surface area contributed by atoms with Crippen molar-refractivity contribution >= 4 is 11.6 Å². The molecule has 0 aliphatic rings. The Morgan fingerprint density at radius 2 is 1.75 bits per heavy atom. The second-order valence-corrected chi connectivity index (χ2v) is 4.90. The lowest BCUT2D eigenvalue weighted by Crippen LogP contribution is -2.26. The van der Waals surface area contributed by atoms with Crippen molar-refractivity contribution in [2.24, 2.45) is 0 Å². The second kappa shape index (κ2) is 10.3. The fourth-order valence-corrected chi connectivity index (χ4v) is 1.97. The number of rotatable bonds is 10. The number of anilines is 1. The molecular formula is C16H26N2O2. The zero-order chi connectivity index (χ0) is 14.6. The minimum Gasteiger partial charge on any atom is -0.395 e. The first-order chi connectivity index (χ1) is 9.77. The zero-order valence-electron chi connectivity index (χ0n) is 12.3. The number of hydrogen-bond donors (Lipinski definition) is 3. The van der Waals surface area contributed by atoms with Crippen LogP contribution in [0.15, 0.2) is 24.3 Å². The molecule has 1 rings (SSSR count). The normalized spacial score (nSPS) is 10.3. The van der Waals surface area contributed by atoms with Crippen molar-refractivity contribution in [2.45, 2.75) is 39.0 Å². The monoisotopic (exact) mass is 278 g/mol. The maximum atomic E-state index is 11.6. The average molecular weight is 278 g/mol. The quantitative estimate of drug-likeness (QED) is 0.577. The van der Waals surface area contributed by atoms with E-state index in [9.17, 15) is 4.79 Å². The van der Waals surface area contributed by atoms with Crippen molar-refractivity contribution in [3.05, 3.63) is 29.8 Å². The van der Waals surface area contributed by atoms with Gasteiger partial charge in [0.25, 0.3) is 5.91 Å². The Bertz CT molecular complexity index is 377. The first-order valence-corrected chi connectivity index (χ1v) is 7.51. The molecule has 0 unspecified atom stereocenters. The molecule has 0 fully saturated rings. The molecule has 0 heterocycles. The molecule has 0 aliphatic carbocycles. The van der Waals surface area contributed by atoms with Crippen LogP contribution < -0.4 is 10.6 Å². The number of unbranched alkanes of at least 4 members (excludes halogenated alkanes) is 4. The topological polar surface area (TPSA) is 61.4 Å². The summed E-state index contributed by atoms with van der Waals surface area (Å²) in [7, 11) is 0. The van der Waals surface area contributed by atoms with Crippen molar-refractivity contribution < 1.29 is 9.90 Å². The molecule has 4 nitrogen and oxygen atoms in total. The van der Waals surface area contributed by atoms with Gasteiger partial charge in [-0.3, -0.25) is 4.79 Å². The molecule has 0 spiro atoms. The SMILES string of the molecule is CCCCCCCNc1ccc(C(=O)NCCO)cc1. The first-order valence-electron chi connectivity index (χ1n) is 7.51. The highest BCUT2D eigenvalue weighted by Gasteiger charge is 2.03. The summed E-state index contributed by atoms with van der Waals surface area (Å²) in [5.41, 5.74) is 1.66. The van der Waals surface area contributed by atoms with E-state index in [-0.39, 0.29) is 19.1 Å². The number of amides is 1. The van der Waals surface area contributed by atoms with E-state index in [1.807, 2.05) is 12.1 Å². The molecule has 1 amide bonds. The maximum Gasteiger partial charge on any atom is 0.251 e. The molecule has 3 N–H and O–H groups in total. The number of aliphatic hydroxyl groups excluding tert-OH is 1. The lowest BCUT2D eigenvalue weighted by atomic mass is 10.1. The fraction of sp³-hybridized carbons (Fsp3) is 0.562. The number of nitrogens with one attached hydrogen (secondary N) is 2. The van der Waals surface area contributed by atoms with Crippen LogP contribution in [0.4, 0.5) is 5.69 Å². The summed E-state index contributed by atoms with van der Waals surface area (Å²) in [5.74, 6) is -0.148. The van der Waals surface area contributed by atoms with Gasteiger partial charge in [-0.15, -0.1) is 0 Å². The van der Waals surface area contributed by atoms with Crippen molar-refractivity contribution in [3.63, 3.8) is 0 Å². The van der Waals surface area contributed by atoms with E-state index in [0.29, 0.717) is 5.56 Å². The molecular weight excluding hydrogens is 252 g/mol. The van der Waals surface area contributed by atoms with Gasteiger partial charge >= 0.3 is 0 Å². The lowest BCUT2D eigenvalue weighted by molar-refractivity contribution is 0.0945. The summed E-state index contributed by atoms with van der Waals surface area (Å²) < 4.78 is 0. The van der Waals surface area contributed by atoms with Gasteiger partial charge in [-0.1, -0.05) is 32.6 Å². The summed E-state index contributed by atoms with van der Waals surface area (Å²) in [6, 6.07) is 7.43. The third-order valence-corrected chi connectivity index (χ3v) is 3.15. The predicted octanol–water partition coefficient (Wildman–Crippen LogP) is 2.79. The summed E-state index contributed by atoms with van der Waals surface area (Å²) in [6.07, 6.45) is 6.34. The molecule has 0 aromatic heterocycles. The van der Waals surface area contributed by atoms with E-state index < -0.39 is 0 Å². The number of hydrogen-bond acceptors (Lipinski definition) is 3. The highest BCUT2D eigenvalue weighted by molar-refractivity contribution is 5.94. The first kappa shape index (κ1) is 16.5. The van der Waals surface area contributed by atoms with Crippen LogP contribution in [0.1, 0.15) is 49.4 Å². The van der Waals surface area contributed by atoms with Gasteiger partial charge in [0.15, 0.2) is 0 Å². The van der Waals surface area contributed by atoms with Crippen molar-refractivity contribution in [1.29, 1.82) is 0 Å². The van der Waals surface area contributed by atoms with Crippen molar-refractivity contribution in [1.82, 2.24) is 5.32 Å². The Morgan fingerprint density at radius 3 is 2.40 bits per heavy atom. The number of aliphatic hydroxyl groups is 1.